The summed E-state index contributed by atoms with van der Waals surface area (Å²) in [5.41, 5.74) is 2.15. The first-order valence-corrected chi connectivity index (χ1v) is 12.4. The summed E-state index contributed by atoms with van der Waals surface area (Å²) in [4.78, 5) is 14.4. The number of aryl methyl sites for hydroxylation is 1. The predicted molar refractivity (Wildman–Crippen MR) is 121 cm³/mol. The molecule has 0 aliphatic carbocycles. The van der Waals surface area contributed by atoms with Crippen molar-refractivity contribution in [1.82, 2.24) is 4.90 Å². The number of hydrogen-bond donors (Lipinski definition) is 1. The average Bonchev–Trinajstić information content (AvgIpc) is 2.66. The summed E-state index contributed by atoms with van der Waals surface area (Å²) in [6, 6.07) is 10.8. The minimum Gasteiger partial charge on any atom is -0.457 e. The van der Waals surface area contributed by atoms with Gasteiger partial charge in [0.1, 0.15) is 11.5 Å². The molecule has 0 fully saturated rings. The Morgan fingerprint density at radius 2 is 1.90 bits per heavy atom. The second-order valence-corrected chi connectivity index (χ2v) is 9.71. The number of hydrogen-bond acceptors (Lipinski definition) is 6. The van der Waals surface area contributed by atoms with E-state index in [1.165, 1.54) is 11.8 Å². The first kappa shape index (κ1) is 24.0. The van der Waals surface area contributed by atoms with Gasteiger partial charge in [0, 0.05) is 31.0 Å². The Labute approximate surface area is 182 Å². The maximum absolute atomic E-state index is 12.2. The van der Waals surface area contributed by atoms with Gasteiger partial charge in [0.2, 0.25) is 15.9 Å². The first-order valence-electron chi connectivity index (χ1n) is 9.32. The Morgan fingerprint density at radius 3 is 2.43 bits per heavy atom. The van der Waals surface area contributed by atoms with Gasteiger partial charge >= 0.3 is 0 Å². The second-order valence-electron chi connectivity index (χ2n) is 6.96. The lowest BCUT2D eigenvalue weighted by molar-refractivity contribution is -0.128. The summed E-state index contributed by atoms with van der Waals surface area (Å²) in [6.45, 7) is 3.34. The van der Waals surface area contributed by atoms with E-state index in [0.717, 1.165) is 21.0 Å². The molecular formula is C21H28N2O5S2. The topological polar surface area (TPSA) is 87.2 Å². The molecule has 0 saturated carbocycles. The summed E-state index contributed by atoms with van der Waals surface area (Å²) in [7, 11) is -1.91. The average molecular weight is 453 g/mol. The number of carbonyl (C=O) groups is 1. The molecule has 0 saturated heterocycles. The Hall–Kier alpha value is -2.23. The summed E-state index contributed by atoms with van der Waals surface area (Å²) >= 11 is 1.65. The lowest BCUT2D eigenvalue weighted by Crippen LogP contribution is -2.32. The number of benzene rings is 2. The van der Waals surface area contributed by atoms with Crippen LogP contribution in [-0.4, -0.2) is 57.0 Å². The highest BCUT2D eigenvalue weighted by atomic mass is 32.2. The van der Waals surface area contributed by atoms with Crippen molar-refractivity contribution in [2.75, 3.05) is 37.0 Å². The highest BCUT2D eigenvalue weighted by Crippen LogP contribution is 2.33. The summed E-state index contributed by atoms with van der Waals surface area (Å²) in [5.74, 6) is 1.06. The zero-order chi connectivity index (χ0) is 22.5. The molecule has 0 heterocycles. The number of aliphatic hydroxyl groups is 1. The van der Waals surface area contributed by atoms with E-state index >= 15 is 0 Å². The SMILES string of the molecule is CSc1ccc(Oc2ccc(N(CCO)S(C)(=O)=O)cc2CN(C)C(C)=O)cc1C. The minimum atomic E-state index is -3.58. The molecule has 0 atom stereocenters. The van der Waals surface area contributed by atoms with Gasteiger partial charge in [-0.05, 0) is 55.1 Å². The summed E-state index contributed by atoms with van der Waals surface area (Å²) in [5, 5.41) is 9.28. The van der Waals surface area contributed by atoms with Crippen LogP contribution in [0.25, 0.3) is 0 Å². The molecular weight excluding hydrogens is 424 g/mol. The van der Waals surface area contributed by atoms with Gasteiger partial charge in [-0.25, -0.2) is 8.42 Å². The van der Waals surface area contributed by atoms with Gasteiger partial charge in [0.25, 0.3) is 0 Å². The number of ether oxygens (including phenoxy) is 1. The van der Waals surface area contributed by atoms with E-state index in [2.05, 4.69) is 0 Å². The Morgan fingerprint density at radius 1 is 1.20 bits per heavy atom. The van der Waals surface area contributed by atoms with Crippen molar-refractivity contribution in [1.29, 1.82) is 0 Å². The summed E-state index contributed by atoms with van der Waals surface area (Å²) < 4.78 is 31.5. The fourth-order valence-corrected chi connectivity index (χ4v) is 4.42. The van der Waals surface area contributed by atoms with Gasteiger partial charge in [-0.3, -0.25) is 9.10 Å². The number of thioether (sulfide) groups is 1. The Bertz CT molecular complexity index is 1010. The number of anilines is 1. The van der Waals surface area contributed by atoms with E-state index in [4.69, 9.17) is 4.74 Å². The lowest BCUT2D eigenvalue weighted by atomic mass is 10.1. The smallest absolute Gasteiger partial charge is 0.232 e. The van der Waals surface area contributed by atoms with Gasteiger partial charge in [0.15, 0.2) is 0 Å². The van der Waals surface area contributed by atoms with Crippen molar-refractivity contribution in [3.8, 4) is 11.5 Å². The molecule has 1 amide bonds. The molecule has 0 aliphatic rings. The van der Waals surface area contributed by atoms with Crippen molar-refractivity contribution in [2.24, 2.45) is 0 Å². The van der Waals surface area contributed by atoms with E-state index in [0.29, 0.717) is 22.7 Å². The number of amides is 1. The standard InChI is InChI=1S/C21H28N2O5S2/c1-15-12-19(7-9-21(15)29-4)28-20-8-6-18(23(10-11-24)30(5,26)27)13-17(20)14-22(3)16(2)25/h6-9,12-13,24H,10-11,14H2,1-5H3. The third-order valence-electron chi connectivity index (χ3n) is 4.57. The highest BCUT2D eigenvalue weighted by molar-refractivity contribution is 7.98. The van der Waals surface area contributed by atoms with Crippen LogP contribution in [0.3, 0.4) is 0 Å². The fraction of sp³-hybridized carbons (Fsp3) is 0.381. The third-order valence-corrected chi connectivity index (χ3v) is 6.67. The quantitative estimate of drug-likeness (QED) is 0.588. The van der Waals surface area contributed by atoms with Crippen molar-refractivity contribution in [3.05, 3.63) is 47.5 Å². The maximum atomic E-state index is 12.2. The number of nitrogens with zero attached hydrogens (tertiary/aromatic N) is 2. The van der Waals surface area contributed by atoms with E-state index in [9.17, 15) is 18.3 Å². The van der Waals surface area contributed by atoms with Crippen LogP contribution in [0.15, 0.2) is 41.3 Å². The Balaban J connectivity index is 2.48. The molecule has 0 radical (unpaired) electrons. The monoisotopic (exact) mass is 452 g/mol. The number of sulfonamides is 1. The third kappa shape index (κ3) is 6.13. The van der Waals surface area contributed by atoms with Gasteiger partial charge in [-0.2, -0.15) is 0 Å². The van der Waals surface area contributed by atoms with Crippen LogP contribution in [0.5, 0.6) is 11.5 Å². The molecule has 9 heteroatoms. The van der Waals surface area contributed by atoms with Crippen molar-refractivity contribution in [2.45, 2.75) is 25.3 Å². The zero-order valence-electron chi connectivity index (χ0n) is 17.9. The molecule has 2 rings (SSSR count). The zero-order valence-corrected chi connectivity index (χ0v) is 19.5. The molecule has 2 aromatic carbocycles. The van der Waals surface area contributed by atoms with E-state index < -0.39 is 10.0 Å². The predicted octanol–water partition coefficient (Wildman–Crippen LogP) is 3.25. The molecule has 0 aromatic heterocycles. The van der Waals surface area contributed by atoms with Gasteiger partial charge in [0.05, 0.1) is 25.1 Å². The van der Waals surface area contributed by atoms with Crippen LogP contribution in [0.2, 0.25) is 0 Å². The van der Waals surface area contributed by atoms with Crippen LogP contribution in [0.1, 0.15) is 18.1 Å². The van der Waals surface area contributed by atoms with Crippen molar-refractivity contribution in [3.63, 3.8) is 0 Å². The van der Waals surface area contributed by atoms with Crippen molar-refractivity contribution < 1.29 is 23.1 Å². The fourth-order valence-electron chi connectivity index (χ4n) is 2.93. The molecule has 7 nitrogen and oxygen atoms in total. The molecule has 0 unspecified atom stereocenters. The van der Waals surface area contributed by atoms with Gasteiger partial charge < -0.3 is 14.7 Å². The van der Waals surface area contributed by atoms with E-state index in [1.807, 2.05) is 31.4 Å². The first-order chi connectivity index (χ1) is 14.1. The van der Waals surface area contributed by atoms with Gasteiger partial charge in [-0.15, -0.1) is 11.8 Å². The Kier molecular flexibility index (Phi) is 8.17. The number of rotatable bonds is 9. The molecule has 1 N–H and O–H groups in total. The molecule has 164 valence electrons. The maximum Gasteiger partial charge on any atom is 0.232 e. The van der Waals surface area contributed by atoms with Crippen LogP contribution in [-0.2, 0) is 21.4 Å². The van der Waals surface area contributed by atoms with Crippen LogP contribution in [0.4, 0.5) is 5.69 Å². The molecule has 0 aliphatic heterocycles. The minimum absolute atomic E-state index is 0.0592. The van der Waals surface area contributed by atoms with Crippen molar-refractivity contribution >= 4 is 33.4 Å². The molecule has 0 bridgehead atoms. The van der Waals surface area contributed by atoms with Crippen LogP contribution in [0, 0.1) is 6.92 Å². The molecule has 30 heavy (non-hydrogen) atoms. The van der Waals surface area contributed by atoms with E-state index in [1.54, 1.807) is 37.0 Å². The summed E-state index contributed by atoms with van der Waals surface area (Å²) in [6.07, 6.45) is 3.10. The van der Waals surface area contributed by atoms with Crippen LogP contribution < -0.4 is 9.04 Å². The van der Waals surface area contributed by atoms with Crippen LogP contribution >= 0.6 is 11.8 Å². The normalized spacial score (nSPS) is 11.3. The molecule has 2 aromatic rings. The number of aliphatic hydroxyl groups excluding tert-OH is 1. The largest absolute Gasteiger partial charge is 0.457 e. The highest BCUT2D eigenvalue weighted by Gasteiger charge is 2.19. The molecule has 0 spiro atoms. The second kappa shape index (κ2) is 10.2. The lowest BCUT2D eigenvalue weighted by Gasteiger charge is -2.24. The van der Waals surface area contributed by atoms with Gasteiger partial charge in [-0.1, -0.05) is 0 Å². The number of carbonyl (C=O) groups excluding carboxylic acids is 1. The van der Waals surface area contributed by atoms with E-state index in [-0.39, 0.29) is 25.6 Å².